The van der Waals surface area contributed by atoms with Crippen molar-refractivity contribution in [3.63, 3.8) is 0 Å². The van der Waals surface area contributed by atoms with E-state index < -0.39 is 0 Å². The van der Waals surface area contributed by atoms with Gasteiger partial charge in [-0.15, -0.1) is 11.3 Å². The maximum atomic E-state index is 5.72. The van der Waals surface area contributed by atoms with Crippen LogP contribution < -0.4 is 15.4 Å². The van der Waals surface area contributed by atoms with Crippen molar-refractivity contribution in [3.05, 3.63) is 46.3 Å². The van der Waals surface area contributed by atoms with E-state index in [2.05, 4.69) is 45.0 Å². The van der Waals surface area contributed by atoms with Gasteiger partial charge in [0.15, 0.2) is 5.96 Å². The van der Waals surface area contributed by atoms with Crippen molar-refractivity contribution >= 4 is 17.3 Å². The van der Waals surface area contributed by atoms with E-state index in [0.717, 1.165) is 63.4 Å². The van der Waals surface area contributed by atoms with Crippen LogP contribution in [-0.2, 0) is 11.3 Å². The molecule has 2 fully saturated rings. The number of morpholine rings is 1. The molecule has 0 aromatic carbocycles. The Morgan fingerprint density at radius 3 is 2.84 bits per heavy atom. The standard InChI is InChI=1S/C23H33N5O2S/c1-2-24-23(26-15-19-7-8-22(25-14-19)30-17-18-5-6-18)27-16-20(21-4-3-13-31-21)28-9-11-29-12-10-28/h3-4,7-8,13-14,18,20H,2,5-6,9-12,15-17H2,1H3,(H2,24,26,27). The van der Waals surface area contributed by atoms with Gasteiger partial charge in [0.05, 0.1) is 32.4 Å². The average molecular weight is 444 g/mol. The van der Waals surface area contributed by atoms with Crippen LogP contribution in [0.4, 0.5) is 0 Å². The van der Waals surface area contributed by atoms with Crippen LogP contribution in [-0.4, -0.2) is 61.8 Å². The second kappa shape index (κ2) is 11.5. The number of hydrogen-bond acceptors (Lipinski definition) is 6. The van der Waals surface area contributed by atoms with Gasteiger partial charge >= 0.3 is 0 Å². The topological polar surface area (TPSA) is 71.0 Å². The normalized spacial score (nSPS) is 18.5. The molecule has 0 bridgehead atoms. The molecule has 168 valence electrons. The van der Waals surface area contributed by atoms with Crippen LogP contribution >= 0.6 is 11.3 Å². The van der Waals surface area contributed by atoms with E-state index in [-0.39, 0.29) is 0 Å². The van der Waals surface area contributed by atoms with Crippen molar-refractivity contribution < 1.29 is 9.47 Å². The SMILES string of the molecule is CCNC(=NCc1ccc(OCC2CC2)nc1)NCC(c1cccs1)N1CCOCC1. The lowest BCUT2D eigenvalue weighted by Crippen LogP contribution is -2.46. The highest BCUT2D eigenvalue weighted by Gasteiger charge is 2.24. The lowest BCUT2D eigenvalue weighted by Gasteiger charge is -2.34. The van der Waals surface area contributed by atoms with Crippen LogP contribution in [0.25, 0.3) is 0 Å². The smallest absolute Gasteiger partial charge is 0.213 e. The van der Waals surface area contributed by atoms with Crippen molar-refractivity contribution in [1.82, 2.24) is 20.5 Å². The number of guanidine groups is 1. The van der Waals surface area contributed by atoms with Crippen LogP contribution in [0.15, 0.2) is 40.8 Å². The molecule has 0 spiro atoms. The number of rotatable bonds is 10. The molecule has 1 saturated heterocycles. The van der Waals surface area contributed by atoms with E-state index in [9.17, 15) is 0 Å². The van der Waals surface area contributed by atoms with Gasteiger partial charge in [0.2, 0.25) is 5.88 Å². The average Bonchev–Trinajstić information content (AvgIpc) is 3.49. The van der Waals surface area contributed by atoms with E-state index in [1.807, 2.05) is 29.7 Å². The van der Waals surface area contributed by atoms with Gasteiger partial charge in [0.1, 0.15) is 0 Å². The first kappa shape index (κ1) is 22.0. The largest absolute Gasteiger partial charge is 0.477 e. The van der Waals surface area contributed by atoms with Gasteiger partial charge in [-0.2, -0.15) is 0 Å². The third kappa shape index (κ3) is 6.92. The second-order valence-electron chi connectivity index (χ2n) is 8.01. The van der Waals surface area contributed by atoms with Crippen molar-refractivity contribution in [3.8, 4) is 5.88 Å². The predicted molar refractivity (Wildman–Crippen MR) is 125 cm³/mol. The molecule has 1 saturated carbocycles. The minimum Gasteiger partial charge on any atom is -0.477 e. The Labute approximate surface area is 188 Å². The lowest BCUT2D eigenvalue weighted by molar-refractivity contribution is 0.0177. The van der Waals surface area contributed by atoms with Gasteiger partial charge in [-0.05, 0) is 42.7 Å². The summed E-state index contributed by atoms with van der Waals surface area (Å²) in [6, 6.07) is 8.65. The predicted octanol–water partition coefficient (Wildman–Crippen LogP) is 3.06. The quantitative estimate of drug-likeness (QED) is 0.434. The zero-order valence-corrected chi connectivity index (χ0v) is 19.1. The number of aromatic nitrogens is 1. The van der Waals surface area contributed by atoms with Gasteiger partial charge in [0, 0.05) is 43.3 Å². The fraction of sp³-hybridized carbons (Fsp3) is 0.565. The summed E-state index contributed by atoms with van der Waals surface area (Å²) in [5, 5.41) is 9.05. The Bertz CT molecular complexity index is 802. The number of ether oxygens (including phenoxy) is 2. The lowest BCUT2D eigenvalue weighted by atomic mass is 10.2. The number of nitrogens with zero attached hydrogens (tertiary/aromatic N) is 3. The molecule has 1 unspecified atom stereocenters. The highest BCUT2D eigenvalue weighted by Crippen LogP contribution is 2.29. The third-order valence-corrected chi connectivity index (χ3v) is 6.52. The zero-order chi connectivity index (χ0) is 21.3. The molecule has 3 heterocycles. The van der Waals surface area contributed by atoms with Gasteiger partial charge in [-0.1, -0.05) is 12.1 Å². The number of hydrogen-bond donors (Lipinski definition) is 2. The number of aliphatic imine (C=N–C) groups is 1. The Morgan fingerprint density at radius 2 is 2.16 bits per heavy atom. The van der Waals surface area contributed by atoms with Crippen LogP contribution in [0.3, 0.4) is 0 Å². The molecule has 1 aliphatic carbocycles. The van der Waals surface area contributed by atoms with E-state index in [1.54, 1.807) is 0 Å². The molecule has 0 radical (unpaired) electrons. The van der Waals surface area contributed by atoms with E-state index >= 15 is 0 Å². The fourth-order valence-corrected chi connectivity index (χ4v) is 4.42. The zero-order valence-electron chi connectivity index (χ0n) is 18.3. The molecule has 1 atom stereocenters. The van der Waals surface area contributed by atoms with E-state index in [1.165, 1.54) is 17.7 Å². The van der Waals surface area contributed by atoms with Gasteiger partial charge in [-0.3, -0.25) is 4.90 Å². The van der Waals surface area contributed by atoms with E-state index in [0.29, 0.717) is 18.5 Å². The Morgan fingerprint density at radius 1 is 1.29 bits per heavy atom. The van der Waals surface area contributed by atoms with Crippen LogP contribution in [0.2, 0.25) is 0 Å². The molecular weight excluding hydrogens is 410 g/mol. The molecule has 2 aromatic heterocycles. The van der Waals surface area contributed by atoms with Crippen LogP contribution in [0.5, 0.6) is 5.88 Å². The Hall–Kier alpha value is -2.16. The molecule has 7 nitrogen and oxygen atoms in total. The van der Waals surface area contributed by atoms with Gasteiger partial charge < -0.3 is 20.1 Å². The monoisotopic (exact) mass is 443 g/mol. The van der Waals surface area contributed by atoms with Crippen LogP contribution in [0.1, 0.15) is 36.2 Å². The number of nitrogens with one attached hydrogen (secondary N) is 2. The summed E-state index contributed by atoms with van der Waals surface area (Å²) in [7, 11) is 0. The molecule has 2 aromatic rings. The summed E-state index contributed by atoms with van der Waals surface area (Å²) in [4.78, 5) is 13.1. The first-order valence-electron chi connectivity index (χ1n) is 11.3. The first-order valence-corrected chi connectivity index (χ1v) is 12.1. The molecule has 1 aliphatic heterocycles. The highest BCUT2D eigenvalue weighted by atomic mass is 32.1. The van der Waals surface area contributed by atoms with Crippen molar-refractivity contribution in [2.24, 2.45) is 10.9 Å². The molecule has 4 rings (SSSR count). The van der Waals surface area contributed by atoms with Crippen molar-refractivity contribution in [2.75, 3.05) is 46.0 Å². The highest BCUT2D eigenvalue weighted by molar-refractivity contribution is 7.10. The maximum absolute atomic E-state index is 5.72. The van der Waals surface area contributed by atoms with Crippen molar-refractivity contribution in [2.45, 2.75) is 32.4 Å². The maximum Gasteiger partial charge on any atom is 0.213 e. The molecule has 31 heavy (non-hydrogen) atoms. The molecule has 8 heteroatoms. The van der Waals surface area contributed by atoms with Crippen LogP contribution in [0, 0.1) is 5.92 Å². The molecule has 2 N–H and O–H groups in total. The summed E-state index contributed by atoms with van der Waals surface area (Å²) in [5.41, 5.74) is 1.07. The summed E-state index contributed by atoms with van der Waals surface area (Å²) < 4.78 is 11.3. The number of thiophene rings is 1. The van der Waals surface area contributed by atoms with Gasteiger partial charge in [0.25, 0.3) is 0 Å². The Balaban J connectivity index is 1.33. The third-order valence-electron chi connectivity index (χ3n) is 5.55. The molecular formula is C23H33N5O2S. The molecule has 0 amide bonds. The van der Waals surface area contributed by atoms with E-state index in [4.69, 9.17) is 14.5 Å². The second-order valence-corrected chi connectivity index (χ2v) is 8.99. The minimum atomic E-state index is 0.317. The first-order chi connectivity index (χ1) is 15.3. The fourth-order valence-electron chi connectivity index (χ4n) is 3.56. The molecule has 2 aliphatic rings. The summed E-state index contributed by atoms with van der Waals surface area (Å²) in [5.74, 6) is 2.26. The summed E-state index contributed by atoms with van der Waals surface area (Å²) in [6.45, 7) is 8.57. The summed E-state index contributed by atoms with van der Waals surface area (Å²) >= 11 is 1.81. The van der Waals surface area contributed by atoms with Crippen molar-refractivity contribution in [1.29, 1.82) is 0 Å². The van der Waals surface area contributed by atoms with Gasteiger partial charge in [-0.25, -0.2) is 9.98 Å². The minimum absolute atomic E-state index is 0.317. The Kier molecular flexibility index (Phi) is 8.15. The number of pyridine rings is 1. The summed E-state index contributed by atoms with van der Waals surface area (Å²) in [6.07, 6.45) is 4.43.